The van der Waals surface area contributed by atoms with E-state index in [4.69, 9.17) is 9.84 Å². The molecule has 26 heavy (non-hydrogen) atoms. The van der Waals surface area contributed by atoms with Gasteiger partial charge in [0.1, 0.15) is 4.88 Å². The minimum Gasteiger partial charge on any atom is -0.481 e. The number of urea groups is 1. The van der Waals surface area contributed by atoms with Crippen LogP contribution in [-0.2, 0) is 9.53 Å². The molecule has 1 aliphatic rings. The Morgan fingerprint density at radius 3 is 2.54 bits per heavy atom. The Hall–Kier alpha value is -2.30. The Labute approximate surface area is 150 Å². The number of carbonyl (C=O) groups excluding carboxylic acids is 2. The number of hydrogen-bond donors (Lipinski definition) is 2. The standard InChI is InChI=1S/C15H17F3N2O5S/c1-3-25-13(23)11-7(2)4-10(26-11)19-14(24)20-5-8(12(21)22)9(6-20)15(16,17)18/h4,8-9H,3,5-6H2,1-2H3,(H,19,24)(H,21,22)/t8-,9-/m1/s1. The molecule has 1 saturated heterocycles. The number of aliphatic carboxylic acids is 1. The third-order valence-corrected chi connectivity index (χ3v) is 5.09. The maximum atomic E-state index is 13.0. The van der Waals surface area contributed by atoms with Crippen LogP contribution >= 0.6 is 11.3 Å². The summed E-state index contributed by atoms with van der Waals surface area (Å²) in [5.41, 5.74) is 0.557. The molecule has 0 aliphatic carbocycles. The van der Waals surface area contributed by atoms with Crippen LogP contribution in [0.3, 0.4) is 0 Å². The summed E-state index contributed by atoms with van der Waals surface area (Å²) >= 11 is 0.936. The molecule has 144 valence electrons. The van der Waals surface area contributed by atoms with Gasteiger partial charge in [0.2, 0.25) is 0 Å². The van der Waals surface area contributed by atoms with Gasteiger partial charge in [-0.25, -0.2) is 9.59 Å². The van der Waals surface area contributed by atoms with Crippen LogP contribution in [0.15, 0.2) is 6.07 Å². The number of carboxylic acids is 1. The Bertz CT molecular complexity index is 719. The summed E-state index contributed by atoms with van der Waals surface area (Å²) in [6, 6.07) is 0.653. The fraction of sp³-hybridized carbons (Fsp3) is 0.533. The summed E-state index contributed by atoms with van der Waals surface area (Å²) in [5.74, 6) is -5.98. The lowest BCUT2D eigenvalue weighted by molar-refractivity contribution is -0.187. The number of carbonyl (C=O) groups is 3. The van der Waals surface area contributed by atoms with Crippen molar-refractivity contribution in [2.24, 2.45) is 11.8 Å². The van der Waals surface area contributed by atoms with Crippen molar-refractivity contribution in [1.82, 2.24) is 4.90 Å². The first kappa shape index (κ1) is 20.0. The van der Waals surface area contributed by atoms with Gasteiger partial charge in [-0.2, -0.15) is 13.2 Å². The van der Waals surface area contributed by atoms with Crippen molar-refractivity contribution in [2.45, 2.75) is 20.0 Å². The number of amides is 2. The van der Waals surface area contributed by atoms with Crippen LogP contribution < -0.4 is 5.32 Å². The van der Waals surface area contributed by atoms with Crippen molar-refractivity contribution in [2.75, 3.05) is 25.0 Å². The minimum absolute atomic E-state index is 0.182. The zero-order chi connectivity index (χ0) is 19.6. The highest BCUT2D eigenvalue weighted by Crippen LogP contribution is 2.38. The second-order valence-corrected chi connectivity index (χ2v) is 6.82. The highest BCUT2D eigenvalue weighted by molar-refractivity contribution is 7.18. The van der Waals surface area contributed by atoms with E-state index in [1.54, 1.807) is 13.8 Å². The number of hydrogen-bond acceptors (Lipinski definition) is 5. The number of aryl methyl sites for hydroxylation is 1. The number of likely N-dealkylation sites (tertiary alicyclic amines) is 1. The highest BCUT2D eigenvalue weighted by Gasteiger charge is 2.53. The number of ether oxygens (including phenoxy) is 1. The molecule has 0 radical (unpaired) electrons. The second kappa shape index (κ2) is 7.52. The molecule has 0 unspecified atom stereocenters. The molecular weight excluding hydrogens is 377 g/mol. The van der Waals surface area contributed by atoms with E-state index in [1.165, 1.54) is 6.07 Å². The Morgan fingerprint density at radius 2 is 2.04 bits per heavy atom. The van der Waals surface area contributed by atoms with Gasteiger partial charge < -0.3 is 14.7 Å². The molecule has 1 fully saturated rings. The molecule has 11 heteroatoms. The van der Waals surface area contributed by atoms with Gasteiger partial charge in [0.15, 0.2) is 0 Å². The highest BCUT2D eigenvalue weighted by atomic mass is 32.1. The number of anilines is 1. The first-order chi connectivity index (χ1) is 12.0. The van der Waals surface area contributed by atoms with Gasteiger partial charge in [0, 0.05) is 13.1 Å². The Morgan fingerprint density at radius 1 is 1.38 bits per heavy atom. The molecule has 2 N–H and O–H groups in total. The number of esters is 1. The van der Waals surface area contributed by atoms with Crippen molar-refractivity contribution in [3.05, 3.63) is 16.5 Å². The van der Waals surface area contributed by atoms with Crippen molar-refractivity contribution < 1.29 is 37.4 Å². The predicted molar refractivity (Wildman–Crippen MR) is 86.3 cm³/mol. The van der Waals surface area contributed by atoms with E-state index in [0.717, 1.165) is 16.2 Å². The molecule has 2 amide bonds. The average Bonchev–Trinajstić information content (AvgIpc) is 3.11. The maximum absolute atomic E-state index is 13.0. The summed E-state index contributed by atoms with van der Waals surface area (Å²) in [5, 5.41) is 11.7. The number of halogens is 3. The summed E-state index contributed by atoms with van der Waals surface area (Å²) in [6.45, 7) is 2.18. The van der Waals surface area contributed by atoms with Crippen LogP contribution in [0.1, 0.15) is 22.2 Å². The van der Waals surface area contributed by atoms with E-state index < -0.39 is 49.1 Å². The zero-order valence-corrected chi connectivity index (χ0v) is 14.7. The van der Waals surface area contributed by atoms with Gasteiger partial charge in [-0.15, -0.1) is 11.3 Å². The molecule has 0 aromatic carbocycles. The summed E-state index contributed by atoms with van der Waals surface area (Å²) in [4.78, 5) is 36.1. The molecular formula is C15H17F3N2O5S. The number of nitrogens with zero attached hydrogens (tertiary/aromatic N) is 1. The lowest BCUT2D eigenvalue weighted by Crippen LogP contribution is -2.35. The Balaban J connectivity index is 2.10. The van der Waals surface area contributed by atoms with E-state index in [-0.39, 0.29) is 16.5 Å². The molecule has 0 saturated carbocycles. The molecule has 0 bridgehead atoms. The van der Waals surface area contributed by atoms with Crippen LogP contribution in [0.4, 0.5) is 23.0 Å². The van der Waals surface area contributed by atoms with Crippen molar-refractivity contribution >= 4 is 34.3 Å². The topological polar surface area (TPSA) is 95.9 Å². The first-order valence-electron chi connectivity index (χ1n) is 7.67. The fourth-order valence-electron chi connectivity index (χ4n) is 2.68. The van der Waals surface area contributed by atoms with Crippen LogP contribution in [0.2, 0.25) is 0 Å². The number of thiophene rings is 1. The molecule has 0 spiro atoms. The third kappa shape index (κ3) is 4.26. The zero-order valence-electron chi connectivity index (χ0n) is 13.9. The summed E-state index contributed by atoms with van der Waals surface area (Å²) in [7, 11) is 0. The number of nitrogens with one attached hydrogen (secondary N) is 1. The predicted octanol–water partition coefficient (Wildman–Crippen LogP) is 2.96. The quantitative estimate of drug-likeness (QED) is 0.766. The molecule has 2 heterocycles. The SMILES string of the molecule is CCOC(=O)c1sc(NC(=O)N2C[C@@H](C(F)(F)F)[C@H](C(=O)O)C2)cc1C. The Kier molecular flexibility index (Phi) is 5.79. The molecule has 7 nitrogen and oxygen atoms in total. The van der Waals surface area contributed by atoms with Crippen LogP contribution in [0.5, 0.6) is 0 Å². The number of alkyl halides is 3. The monoisotopic (exact) mass is 394 g/mol. The van der Waals surface area contributed by atoms with Gasteiger partial charge in [0.25, 0.3) is 0 Å². The molecule has 1 aliphatic heterocycles. The van der Waals surface area contributed by atoms with E-state index in [1.807, 2.05) is 0 Å². The lowest BCUT2D eigenvalue weighted by atomic mass is 9.96. The summed E-state index contributed by atoms with van der Waals surface area (Å²) in [6.07, 6.45) is -4.71. The van der Waals surface area contributed by atoms with E-state index in [0.29, 0.717) is 5.56 Å². The number of carboxylic acid groups (broad SMARTS) is 1. The average molecular weight is 394 g/mol. The van der Waals surface area contributed by atoms with Crippen molar-refractivity contribution in [1.29, 1.82) is 0 Å². The van der Waals surface area contributed by atoms with Gasteiger partial charge in [-0.05, 0) is 25.5 Å². The normalized spacial score (nSPS) is 20.1. The minimum atomic E-state index is -4.71. The molecule has 1 aromatic heterocycles. The van der Waals surface area contributed by atoms with Crippen LogP contribution in [0, 0.1) is 18.8 Å². The second-order valence-electron chi connectivity index (χ2n) is 5.77. The van der Waals surface area contributed by atoms with E-state index in [2.05, 4.69) is 5.32 Å². The lowest BCUT2D eigenvalue weighted by Gasteiger charge is -2.18. The van der Waals surface area contributed by atoms with Crippen molar-refractivity contribution in [3.63, 3.8) is 0 Å². The molecule has 2 atom stereocenters. The van der Waals surface area contributed by atoms with Gasteiger partial charge in [0.05, 0.1) is 23.4 Å². The largest absolute Gasteiger partial charge is 0.481 e. The van der Waals surface area contributed by atoms with E-state index in [9.17, 15) is 27.6 Å². The fourth-order valence-corrected chi connectivity index (χ4v) is 3.64. The number of rotatable bonds is 4. The van der Waals surface area contributed by atoms with Crippen molar-refractivity contribution in [3.8, 4) is 0 Å². The van der Waals surface area contributed by atoms with E-state index >= 15 is 0 Å². The van der Waals surface area contributed by atoms with Crippen LogP contribution in [-0.4, -0.2) is 53.8 Å². The maximum Gasteiger partial charge on any atom is 0.394 e. The third-order valence-electron chi connectivity index (χ3n) is 3.95. The molecule has 1 aromatic rings. The molecule has 2 rings (SSSR count). The van der Waals surface area contributed by atoms with Crippen LogP contribution in [0.25, 0.3) is 0 Å². The van der Waals surface area contributed by atoms with Gasteiger partial charge in [-0.3, -0.25) is 10.1 Å². The smallest absolute Gasteiger partial charge is 0.394 e. The van der Waals surface area contributed by atoms with Gasteiger partial charge >= 0.3 is 24.1 Å². The first-order valence-corrected chi connectivity index (χ1v) is 8.49. The van der Waals surface area contributed by atoms with Gasteiger partial charge in [-0.1, -0.05) is 0 Å². The summed E-state index contributed by atoms with van der Waals surface area (Å²) < 4.78 is 43.8.